The van der Waals surface area contributed by atoms with Gasteiger partial charge in [0.25, 0.3) is 0 Å². The number of aliphatic hydroxyl groups is 1. The fourth-order valence-corrected chi connectivity index (χ4v) is 3.43. The second-order valence-electron chi connectivity index (χ2n) is 7.20. The summed E-state index contributed by atoms with van der Waals surface area (Å²) in [6, 6.07) is 12.6. The minimum Gasteiger partial charge on any atom is -0.492 e. The molecular formula is C22H25Cl2N3O4. The van der Waals surface area contributed by atoms with E-state index in [1.165, 1.54) is 0 Å². The summed E-state index contributed by atoms with van der Waals surface area (Å²) in [6.07, 6.45) is 1.08. The van der Waals surface area contributed by atoms with Gasteiger partial charge in [-0.05, 0) is 49.2 Å². The maximum atomic E-state index is 11.2. The molecule has 1 aliphatic rings. The third-order valence-corrected chi connectivity index (χ3v) is 5.12. The molecule has 0 radical (unpaired) electrons. The molecule has 0 aromatic heterocycles. The van der Waals surface area contributed by atoms with Crippen LogP contribution < -0.4 is 15.0 Å². The van der Waals surface area contributed by atoms with Crippen LogP contribution in [0.15, 0.2) is 47.6 Å². The molecule has 0 aliphatic carbocycles. The smallest absolute Gasteiger partial charge is 0.240 e. The van der Waals surface area contributed by atoms with Gasteiger partial charge < -0.3 is 14.7 Å². The van der Waals surface area contributed by atoms with Gasteiger partial charge >= 0.3 is 0 Å². The van der Waals surface area contributed by atoms with E-state index in [-0.39, 0.29) is 5.91 Å². The lowest BCUT2D eigenvalue weighted by Gasteiger charge is -2.24. The van der Waals surface area contributed by atoms with Crippen molar-refractivity contribution in [3.05, 3.63) is 58.1 Å². The summed E-state index contributed by atoms with van der Waals surface area (Å²) in [6.45, 7) is 2.97. The van der Waals surface area contributed by atoms with Crippen LogP contribution in [0.1, 0.15) is 31.7 Å². The highest BCUT2D eigenvalue weighted by molar-refractivity contribution is 6.32. The molecule has 0 fully saturated rings. The summed E-state index contributed by atoms with van der Waals surface area (Å²) in [7, 11) is 0. The average molecular weight is 466 g/mol. The number of hydrogen-bond acceptors (Lipinski definition) is 6. The van der Waals surface area contributed by atoms with Crippen LogP contribution in [0.3, 0.4) is 0 Å². The van der Waals surface area contributed by atoms with Crippen molar-refractivity contribution in [2.45, 2.75) is 32.3 Å². The maximum absolute atomic E-state index is 11.2. The fourth-order valence-electron chi connectivity index (χ4n) is 3.03. The number of amides is 1. The maximum Gasteiger partial charge on any atom is 0.240 e. The summed E-state index contributed by atoms with van der Waals surface area (Å²) in [5.41, 5.74) is 4.13. The molecule has 2 N–H and O–H groups in total. The molecule has 31 heavy (non-hydrogen) atoms. The van der Waals surface area contributed by atoms with E-state index in [1.54, 1.807) is 36.3 Å². The molecule has 3 rings (SSSR count). The number of benzene rings is 2. The molecule has 1 unspecified atom stereocenters. The van der Waals surface area contributed by atoms with Gasteiger partial charge in [0, 0.05) is 19.4 Å². The number of carbonyl (C=O) groups excluding carboxylic acids is 1. The van der Waals surface area contributed by atoms with E-state index in [0.29, 0.717) is 60.5 Å². The van der Waals surface area contributed by atoms with Gasteiger partial charge in [-0.25, -0.2) is 5.43 Å². The molecule has 1 atom stereocenters. The van der Waals surface area contributed by atoms with Crippen LogP contribution in [0.4, 0.5) is 0 Å². The van der Waals surface area contributed by atoms with Gasteiger partial charge in [0.2, 0.25) is 5.91 Å². The van der Waals surface area contributed by atoms with Gasteiger partial charge in [0.1, 0.15) is 5.75 Å². The van der Waals surface area contributed by atoms with Gasteiger partial charge in [-0.2, -0.15) is 5.10 Å². The molecule has 166 valence electrons. The zero-order chi connectivity index (χ0) is 22.2. The van der Waals surface area contributed by atoms with Crippen LogP contribution in [0.2, 0.25) is 10.0 Å². The van der Waals surface area contributed by atoms with Crippen LogP contribution in [-0.4, -0.2) is 47.6 Å². The highest BCUT2D eigenvalue weighted by atomic mass is 35.5. The Morgan fingerprint density at radius 1 is 1.16 bits per heavy atom. The molecule has 1 heterocycles. The first-order valence-electron chi connectivity index (χ1n) is 10.1. The Bertz CT molecular complexity index is 937. The number of hydrogen-bond donors (Lipinski definition) is 2. The van der Waals surface area contributed by atoms with E-state index in [0.717, 1.165) is 11.3 Å². The molecule has 0 bridgehead atoms. The van der Waals surface area contributed by atoms with Crippen molar-refractivity contribution in [3.63, 3.8) is 0 Å². The molecule has 0 saturated carbocycles. The van der Waals surface area contributed by atoms with E-state index < -0.39 is 6.10 Å². The van der Waals surface area contributed by atoms with Crippen molar-refractivity contribution in [1.29, 1.82) is 0 Å². The van der Waals surface area contributed by atoms with Crippen molar-refractivity contribution in [1.82, 2.24) is 10.5 Å². The Kier molecular flexibility index (Phi) is 8.54. The number of ether oxygens (including phenoxy) is 1. The molecule has 0 saturated heterocycles. The zero-order valence-corrected chi connectivity index (χ0v) is 18.7. The third kappa shape index (κ3) is 7.11. The highest BCUT2D eigenvalue weighted by Gasteiger charge is 2.15. The minimum absolute atomic E-state index is 0.0852. The third-order valence-electron chi connectivity index (χ3n) is 4.51. The number of para-hydroxylation sites is 1. The van der Waals surface area contributed by atoms with Crippen molar-refractivity contribution in [2.75, 3.05) is 19.7 Å². The number of carbonyl (C=O) groups is 1. The van der Waals surface area contributed by atoms with Crippen molar-refractivity contribution in [3.8, 4) is 11.5 Å². The number of nitrogens with zero attached hydrogens (tertiary/aromatic N) is 2. The lowest BCUT2D eigenvalue weighted by atomic mass is 10.0. The molecule has 1 aliphatic heterocycles. The van der Waals surface area contributed by atoms with Crippen LogP contribution >= 0.6 is 23.2 Å². The molecule has 2 aromatic rings. The van der Waals surface area contributed by atoms with Gasteiger partial charge in [-0.15, -0.1) is 5.06 Å². The van der Waals surface area contributed by atoms with Crippen LogP contribution in [-0.2, 0) is 4.79 Å². The Morgan fingerprint density at radius 2 is 1.97 bits per heavy atom. The van der Waals surface area contributed by atoms with Gasteiger partial charge in [0.15, 0.2) is 5.75 Å². The topological polar surface area (TPSA) is 83.4 Å². The predicted octanol–water partition coefficient (Wildman–Crippen LogP) is 4.05. The van der Waals surface area contributed by atoms with Crippen molar-refractivity contribution >= 4 is 34.8 Å². The van der Waals surface area contributed by atoms with Gasteiger partial charge in [-0.1, -0.05) is 35.3 Å². The zero-order valence-electron chi connectivity index (χ0n) is 17.2. The number of aliphatic hydroxyl groups excluding tert-OH is 1. The predicted molar refractivity (Wildman–Crippen MR) is 121 cm³/mol. The summed E-state index contributed by atoms with van der Waals surface area (Å²) in [5, 5.41) is 16.5. The van der Waals surface area contributed by atoms with E-state index in [2.05, 4.69) is 10.5 Å². The van der Waals surface area contributed by atoms with Crippen molar-refractivity contribution in [2.24, 2.45) is 5.10 Å². The number of hydroxylamine groups is 2. The number of rotatable bonds is 10. The normalized spacial score (nSPS) is 14.7. The Balaban J connectivity index is 1.52. The monoisotopic (exact) mass is 465 g/mol. The average Bonchev–Trinajstić information content (AvgIpc) is 2.74. The number of hydrazone groups is 1. The van der Waals surface area contributed by atoms with Gasteiger partial charge in [-0.3, -0.25) is 4.79 Å². The second kappa shape index (κ2) is 11.3. The molecular weight excluding hydrogens is 441 g/mol. The van der Waals surface area contributed by atoms with Crippen LogP contribution in [0.5, 0.6) is 11.5 Å². The second-order valence-corrected chi connectivity index (χ2v) is 8.01. The van der Waals surface area contributed by atoms with E-state index >= 15 is 0 Å². The Hall–Kier alpha value is -2.32. The van der Waals surface area contributed by atoms with E-state index in [1.807, 2.05) is 18.2 Å². The largest absolute Gasteiger partial charge is 0.492 e. The molecule has 9 heteroatoms. The minimum atomic E-state index is -0.558. The summed E-state index contributed by atoms with van der Waals surface area (Å²) >= 11 is 12.5. The highest BCUT2D eigenvalue weighted by Crippen LogP contribution is 2.27. The molecule has 0 spiro atoms. The molecule has 1 amide bonds. The lowest BCUT2D eigenvalue weighted by molar-refractivity contribution is -0.121. The Morgan fingerprint density at radius 3 is 2.65 bits per heavy atom. The van der Waals surface area contributed by atoms with Crippen molar-refractivity contribution < 1.29 is 19.5 Å². The summed E-state index contributed by atoms with van der Waals surface area (Å²) < 4.78 is 5.81. The Labute approximate surface area is 191 Å². The first-order chi connectivity index (χ1) is 14.9. The molecule has 2 aromatic carbocycles. The van der Waals surface area contributed by atoms with E-state index in [4.69, 9.17) is 32.8 Å². The first kappa shape index (κ1) is 23.3. The molecule has 7 nitrogen and oxygen atoms in total. The van der Waals surface area contributed by atoms with E-state index in [9.17, 15) is 9.90 Å². The summed E-state index contributed by atoms with van der Waals surface area (Å²) in [4.78, 5) is 17.1. The standard InChI is InChI=1S/C22H25Cl2N3O4/c1-15(28)14-27(31-21-6-3-2-5-17(21)23)11-4-12-30-20-9-7-16(13-18(20)24)19-8-10-22(29)26-25-19/h2-3,5-7,9,13,15,28H,4,8,10-12,14H2,1H3,(H,26,29). The fraction of sp³-hybridized carbons (Fsp3) is 0.364. The number of nitrogens with one attached hydrogen (secondary N) is 1. The van der Waals surface area contributed by atoms with Crippen LogP contribution in [0.25, 0.3) is 0 Å². The SMILES string of the molecule is CC(O)CN(CCCOc1ccc(C2=NNC(=O)CC2)cc1Cl)Oc1ccccc1Cl. The van der Waals surface area contributed by atoms with Crippen LogP contribution in [0, 0.1) is 0 Å². The summed E-state index contributed by atoms with van der Waals surface area (Å²) in [5.74, 6) is 1.02. The first-order valence-corrected chi connectivity index (χ1v) is 10.8. The quantitative estimate of drug-likeness (QED) is 0.408. The van der Waals surface area contributed by atoms with Gasteiger partial charge in [0.05, 0.1) is 35.0 Å². The lowest BCUT2D eigenvalue weighted by Crippen LogP contribution is -2.35. The number of halogens is 2.